The first kappa shape index (κ1) is 12.8. The van der Waals surface area contributed by atoms with Crippen LogP contribution < -0.4 is 11.1 Å². The third kappa shape index (κ3) is 3.73. The lowest BCUT2D eigenvalue weighted by Crippen LogP contribution is -2.36. The van der Waals surface area contributed by atoms with Crippen LogP contribution in [0.1, 0.15) is 27.2 Å². The van der Waals surface area contributed by atoms with E-state index >= 15 is 0 Å². The van der Waals surface area contributed by atoms with Gasteiger partial charge in [-0.15, -0.1) is 0 Å². The molecular formula is C11H19FN4. The van der Waals surface area contributed by atoms with Gasteiger partial charge in [0.15, 0.2) is 5.82 Å². The Morgan fingerprint density at radius 1 is 1.38 bits per heavy atom. The van der Waals surface area contributed by atoms with Crippen LogP contribution in [0.2, 0.25) is 0 Å². The molecule has 0 aromatic carbocycles. The van der Waals surface area contributed by atoms with Gasteiger partial charge in [0.2, 0.25) is 5.95 Å². The summed E-state index contributed by atoms with van der Waals surface area (Å²) >= 11 is 0. The molecule has 1 aromatic rings. The molecule has 0 aliphatic rings. The molecular weight excluding hydrogens is 207 g/mol. The molecule has 1 aromatic heterocycles. The molecule has 1 unspecified atom stereocenters. The third-order valence-corrected chi connectivity index (χ3v) is 2.42. The average Bonchev–Trinajstić information content (AvgIpc) is 2.19. The number of hydrogen-bond donors (Lipinski definition) is 2. The molecule has 0 radical (unpaired) electrons. The van der Waals surface area contributed by atoms with E-state index in [1.807, 2.05) is 0 Å². The summed E-state index contributed by atoms with van der Waals surface area (Å²) < 4.78 is 12.6. The molecule has 1 rings (SSSR count). The molecule has 1 heterocycles. The maximum absolute atomic E-state index is 12.6. The van der Waals surface area contributed by atoms with Crippen LogP contribution in [-0.2, 0) is 0 Å². The Labute approximate surface area is 95.5 Å². The van der Waals surface area contributed by atoms with Crippen molar-refractivity contribution in [3.63, 3.8) is 0 Å². The highest BCUT2D eigenvalue weighted by atomic mass is 19.1. The highest BCUT2D eigenvalue weighted by molar-refractivity contribution is 5.25. The lowest BCUT2D eigenvalue weighted by atomic mass is 9.85. The molecule has 4 nitrogen and oxygen atoms in total. The fourth-order valence-electron chi connectivity index (χ4n) is 1.43. The highest BCUT2D eigenvalue weighted by Gasteiger charge is 2.24. The van der Waals surface area contributed by atoms with E-state index in [2.05, 4.69) is 36.1 Å². The van der Waals surface area contributed by atoms with Gasteiger partial charge in [0.25, 0.3) is 0 Å². The molecule has 0 saturated carbocycles. The Balaban J connectivity index is 2.72. The van der Waals surface area contributed by atoms with Crippen molar-refractivity contribution in [3.8, 4) is 0 Å². The van der Waals surface area contributed by atoms with Crippen molar-refractivity contribution >= 4 is 5.95 Å². The van der Waals surface area contributed by atoms with Crippen LogP contribution in [0.4, 0.5) is 10.3 Å². The van der Waals surface area contributed by atoms with Crippen LogP contribution in [0.25, 0.3) is 0 Å². The van der Waals surface area contributed by atoms with Gasteiger partial charge in [-0.25, -0.2) is 14.4 Å². The molecule has 16 heavy (non-hydrogen) atoms. The standard InChI is InChI=1S/C11H19FN4/c1-11(2,3)9(4-5-13)16-10-14-6-8(12)7-15-10/h6-7,9H,4-5,13H2,1-3H3,(H,14,15,16). The second-order valence-electron chi connectivity index (χ2n) is 4.87. The van der Waals surface area contributed by atoms with E-state index in [0.717, 1.165) is 18.8 Å². The fourth-order valence-corrected chi connectivity index (χ4v) is 1.43. The first-order valence-corrected chi connectivity index (χ1v) is 5.37. The maximum atomic E-state index is 12.6. The molecule has 0 bridgehead atoms. The minimum absolute atomic E-state index is 0.0527. The van der Waals surface area contributed by atoms with E-state index < -0.39 is 5.82 Å². The van der Waals surface area contributed by atoms with Crippen molar-refractivity contribution in [2.75, 3.05) is 11.9 Å². The molecule has 1 atom stereocenters. The van der Waals surface area contributed by atoms with Crippen LogP contribution in [0, 0.1) is 11.2 Å². The molecule has 3 N–H and O–H groups in total. The van der Waals surface area contributed by atoms with Gasteiger partial charge in [-0.1, -0.05) is 20.8 Å². The van der Waals surface area contributed by atoms with Gasteiger partial charge in [-0.05, 0) is 18.4 Å². The molecule has 0 saturated heterocycles. The summed E-state index contributed by atoms with van der Waals surface area (Å²) in [5.74, 6) is 0.00598. The van der Waals surface area contributed by atoms with E-state index in [0.29, 0.717) is 12.5 Å². The predicted octanol–water partition coefficient (Wildman–Crippen LogP) is 1.79. The largest absolute Gasteiger partial charge is 0.351 e. The number of nitrogens with two attached hydrogens (primary N) is 1. The third-order valence-electron chi connectivity index (χ3n) is 2.42. The van der Waals surface area contributed by atoms with Gasteiger partial charge in [0.05, 0.1) is 12.4 Å². The molecule has 0 fully saturated rings. The second-order valence-corrected chi connectivity index (χ2v) is 4.87. The predicted molar refractivity (Wildman–Crippen MR) is 62.5 cm³/mol. The summed E-state index contributed by atoms with van der Waals surface area (Å²) in [4.78, 5) is 7.75. The topological polar surface area (TPSA) is 63.8 Å². The normalized spacial score (nSPS) is 13.6. The molecule has 0 amide bonds. The summed E-state index contributed by atoms with van der Waals surface area (Å²) in [6, 6.07) is 0.169. The molecule has 0 aliphatic heterocycles. The fraction of sp³-hybridized carbons (Fsp3) is 0.636. The van der Waals surface area contributed by atoms with E-state index in [9.17, 15) is 4.39 Å². The number of aromatic nitrogens is 2. The zero-order chi connectivity index (χ0) is 12.2. The van der Waals surface area contributed by atoms with Crippen LogP contribution in [0.3, 0.4) is 0 Å². The number of rotatable bonds is 4. The first-order valence-electron chi connectivity index (χ1n) is 5.37. The van der Waals surface area contributed by atoms with Gasteiger partial charge < -0.3 is 11.1 Å². The average molecular weight is 226 g/mol. The zero-order valence-electron chi connectivity index (χ0n) is 10.00. The smallest absolute Gasteiger partial charge is 0.223 e. The summed E-state index contributed by atoms with van der Waals surface area (Å²) in [6.45, 7) is 6.94. The highest BCUT2D eigenvalue weighted by Crippen LogP contribution is 2.23. The molecule has 0 aliphatic carbocycles. The summed E-state index contributed by atoms with van der Waals surface area (Å²) in [5.41, 5.74) is 5.62. The Kier molecular flexibility index (Phi) is 4.18. The van der Waals surface area contributed by atoms with E-state index in [1.54, 1.807) is 0 Å². The Morgan fingerprint density at radius 2 is 1.94 bits per heavy atom. The van der Waals surface area contributed by atoms with Crippen molar-refractivity contribution in [2.45, 2.75) is 33.2 Å². The van der Waals surface area contributed by atoms with Crippen LogP contribution in [0.5, 0.6) is 0 Å². The van der Waals surface area contributed by atoms with Crippen molar-refractivity contribution in [3.05, 3.63) is 18.2 Å². The molecule has 0 spiro atoms. The first-order chi connectivity index (χ1) is 7.43. The van der Waals surface area contributed by atoms with Gasteiger partial charge in [-0.2, -0.15) is 0 Å². The number of nitrogens with one attached hydrogen (secondary N) is 1. The van der Waals surface area contributed by atoms with Crippen LogP contribution in [0.15, 0.2) is 12.4 Å². The number of anilines is 1. The molecule has 5 heteroatoms. The van der Waals surface area contributed by atoms with Gasteiger partial charge in [0, 0.05) is 6.04 Å². The minimum atomic E-state index is -0.434. The van der Waals surface area contributed by atoms with Crippen molar-refractivity contribution in [1.29, 1.82) is 0 Å². The van der Waals surface area contributed by atoms with E-state index in [-0.39, 0.29) is 11.5 Å². The number of halogens is 1. The second kappa shape index (κ2) is 5.21. The van der Waals surface area contributed by atoms with Crippen molar-refractivity contribution in [1.82, 2.24) is 9.97 Å². The van der Waals surface area contributed by atoms with E-state index in [1.165, 1.54) is 0 Å². The Morgan fingerprint density at radius 3 is 2.38 bits per heavy atom. The quantitative estimate of drug-likeness (QED) is 0.821. The van der Waals surface area contributed by atoms with Gasteiger partial charge in [-0.3, -0.25) is 0 Å². The number of nitrogens with zero attached hydrogens (tertiary/aromatic N) is 2. The van der Waals surface area contributed by atoms with Crippen molar-refractivity contribution < 1.29 is 4.39 Å². The lowest BCUT2D eigenvalue weighted by molar-refractivity contribution is 0.327. The van der Waals surface area contributed by atoms with Gasteiger partial charge in [0.1, 0.15) is 0 Å². The lowest BCUT2D eigenvalue weighted by Gasteiger charge is -2.31. The summed E-state index contributed by atoms with van der Waals surface area (Å²) in [6.07, 6.45) is 3.12. The number of hydrogen-bond acceptors (Lipinski definition) is 4. The Hall–Kier alpha value is -1.23. The summed E-state index contributed by atoms with van der Waals surface area (Å²) in [5, 5.41) is 3.18. The van der Waals surface area contributed by atoms with Crippen molar-refractivity contribution in [2.24, 2.45) is 11.1 Å². The monoisotopic (exact) mass is 226 g/mol. The zero-order valence-corrected chi connectivity index (χ0v) is 10.00. The summed E-state index contributed by atoms with van der Waals surface area (Å²) in [7, 11) is 0. The molecule has 90 valence electrons. The van der Waals surface area contributed by atoms with Gasteiger partial charge >= 0.3 is 0 Å². The maximum Gasteiger partial charge on any atom is 0.223 e. The van der Waals surface area contributed by atoms with Crippen LogP contribution in [-0.4, -0.2) is 22.6 Å². The SMILES string of the molecule is CC(C)(C)C(CCN)Nc1ncc(F)cn1. The van der Waals surface area contributed by atoms with Crippen LogP contribution >= 0.6 is 0 Å². The minimum Gasteiger partial charge on any atom is -0.351 e. The Bertz CT molecular complexity index is 318. The van der Waals surface area contributed by atoms with E-state index in [4.69, 9.17) is 5.73 Å².